The molecule has 0 spiro atoms. The van der Waals surface area contributed by atoms with Gasteiger partial charge in [0, 0.05) is 5.02 Å². The molecule has 0 bridgehead atoms. The number of hydrogen-bond donors (Lipinski definition) is 1. The van der Waals surface area contributed by atoms with Gasteiger partial charge in [-0.05, 0) is 49.2 Å². The summed E-state index contributed by atoms with van der Waals surface area (Å²) in [6, 6.07) is 12.7. The van der Waals surface area contributed by atoms with Gasteiger partial charge < -0.3 is 10.1 Å². The fourth-order valence-corrected chi connectivity index (χ4v) is 2.35. The monoisotopic (exact) mass is 335 g/mol. The van der Waals surface area contributed by atoms with Gasteiger partial charge in [-0.2, -0.15) is 0 Å². The van der Waals surface area contributed by atoms with Crippen molar-refractivity contribution in [1.82, 2.24) is 5.32 Å². The van der Waals surface area contributed by atoms with Gasteiger partial charge in [-0.25, -0.2) is 4.39 Å². The third-order valence-electron chi connectivity index (χ3n) is 3.47. The molecule has 0 unspecified atom stereocenters. The van der Waals surface area contributed by atoms with E-state index in [1.165, 1.54) is 12.1 Å². The lowest BCUT2D eigenvalue weighted by atomic mass is 10.1. The maximum absolute atomic E-state index is 13.0. The van der Waals surface area contributed by atoms with Gasteiger partial charge >= 0.3 is 0 Å². The van der Waals surface area contributed by atoms with Gasteiger partial charge in [0.15, 0.2) is 6.10 Å². The molecular formula is C18H19ClFNO2. The molecule has 0 aromatic heterocycles. The topological polar surface area (TPSA) is 38.3 Å². The summed E-state index contributed by atoms with van der Waals surface area (Å²) in [6.07, 6.45) is -0.0922. The molecule has 1 amide bonds. The zero-order valence-corrected chi connectivity index (χ0v) is 13.8. The second-order valence-electron chi connectivity index (χ2n) is 5.25. The predicted molar refractivity (Wildman–Crippen MR) is 89.1 cm³/mol. The van der Waals surface area contributed by atoms with E-state index in [1.54, 1.807) is 36.4 Å². The van der Waals surface area contributed by atoms with Crippen molar-refractivity contribution in [2.75, 3.05) is 0 Å². The Morgan fingerprint density at radius 1 is 1.26 bits per heavy atom. The van der Waals surface area contributed by atoms with Crippen molar-refractivity contribution in [1.29, 1.82) is 0 Å². The van der Waals surface area contributed by atoms with Crippen LogP contribution in [0.2, 0.25) is 5.02 Å². The molecule has 2 aromatic rings. The number of benzene rings is 2. The third-order valence-corrected chi connectivity index (χ3v) is 3.70. The van der Waals surface area contributed by atoms with E-state index in [-0.39, 0.29) is 17.8 Å². The first-order valence-corrected chi connectivity index (χ1v) is 7.85. The Morgan fingerprint density at radius 2 is 1.96 bits per heavy atom. The summed E-state index contributed by atoms with van der Waals surface area (Å²) in [5.74, 6) is 0.0289. The molecule has 2 atom stereocenters. The predicted octanol–water partition coefficient (Wildman–Crippen LogP) is 4.51. The minimum absolute atomic E-state index is 0.218. The van der Waals surface area contributed by atoms with Crippen LogP contribution in [0, 0.1) is 5.82 Å². The van der Waals surface area contributed by atoms with Crippen molar-refractivity contribution in [3.05, 3.63) is 64.9 Å². The van der Waals surface area contributed by atoms with Crippen LogP contribution >= 0.6 is 11.6 Å². The minimum atomic E-state index is -0.614. The molecule has 2 aromatic carbocycles. The average molecular weight is 336 g/mol. The largest absolute Gasteiger partial charge is 0.481 e. The van der Waals surface area contributed by atoms with Gasteiger partial charge in [-0.1, -0.05) is 36.7 Å². The van der Waals surface area contributed by atoms with Crippen molar-refractivity contribution >= 4 is 17.5 Å². The van der Waals surface area contributed by atoms with Crippen LogP contribution in [0.3, 0.4) is 0 Å². The van der Waals surface area contributed by atoms with Crippen LogP contribution < -0.4 is 10.1 Å². The molecule has 0 heterocycles. The molecule has 5 heteroatoms. The SMILES string of the molecule is CC[C@@H](Oc1cccc(Cl)c1)C(=O)N[C@H](C)c1ccc(F)cc1. The number of halogens is 2. The number of ether oxygens (including phenoxy) is 1. The summed E-state index contributed by atoms with van der Waals surface area (Å²) in [5.41, 5.74) is 0.831. The van der Waals surface area contributed by atoms with Crippen molar-refractivity contribution in [3.8, 4) is 5.75 Å². The molecule has 0 radical (unpaired) electrons. The molecule has 0 saturated heterocycles. The zero-order valence-electron chi connectivity index (χ0n) is 13.1. The van der Waals surface area contributed by atoms with Gasteiger partial charge in [0.2, 0.25) is 0 Å². The fraction of sp³-hybridized carbons (Fsp3) is 0.278. The lowest BCUT2D eigenvalue weighted by Crippen LogP contribution is -2.39. The number of carbonyl (C=O) groups is 1. The van der Waals surface area contributed by atoms with Crippen LogP contribution in [-0.2, 0) is 4.79 Å². The Kier molecular flexibility index (Phi) is 5.99. The second kappa shape index (κ2) is 7.97. The number of amides is 1. The van der Waals surface area contributed by atoms with Crippen molar-refractivity contribution < 1.29 is 13.9 Å². The number of hydrogen-bond acceptors (Lipinski definition) is 2. The average Bonchev–Trinajstić information content (AvgIpc) is 2.53. The minimum Gasteiger partial charge on any atom is -0.481 e. The van der Waals surface area contributed by atoms with Gasteiger partial charge in [-0.15, -0.1) is 0 Å². The van der Waals surface area contributed by atoms with Crippen LogP contribution in [0.4, 0.5) is 4.39 Å². The first-order valence-electron chi connectivity index (χ1n) is 7.47. The third kappa shape index (κ3) is 4.96. The highest BCUT2D eigenvalue weighted by atomic mass is 35.5. The molecule has 0 aliphatic heterocycles. The summed E-state index contributed by atoms with van der Waals surface area (Å²) in [5, 5.41) is 3.44. The van der Waals surface area contributed by atoms with E-state index < -0.39 is 6.10 Å². The lowest BCUT2D eigenvalue weighted by molar-refractivity contribution is -0.128. The summed E-state index contributed by atoms with van der Waals surface area (Å²) in [6.45, 7) is 3.72. The molecule has 0 aliphatic rings. The zero-order chi connectivity index (χ0) is 16.8. The number of nitrogens with one attached hydrogen (secondary N) is 1. The Bertz CT molecular complexity index is 660. The molecule has 1 N–H and O–H groups in total. The highest BCUT2D eigenvalue weighted by molar-refractivity contribution is 6.30. The van der Waals surface area contributed by atoms with E-state index in [9.17, 15) is 9.18 Å². The van der Waals surface area contributed by atoms with Crippen LogP contribution in [0.15, 0.2) is 48.5 Å². The van der Waals surface area contributed by atoms with Gasteiger partial charge in [0.1, 0.15) is 11.6 Å². The first kappa shape index (κ1) is 17.3. The maximum Gasteiger partial charge on any atom is 0.261 e. The molecule has 0 aliphatic carbocycles. The van der Waals surface area contributed by atoms with E-state index in [0.29, 0.717) is 17.2 Å². The Morgan fingerprint density at radius 3 is 2.57 bits per heavy atom. The fourth-order valence-electron chi connectivity index (χ4n) is 2.17. The van der Waals surface area contributed by atoms with Crippen molar-refractivity contribution in [3.63, 3.8) is 0 Å². The van der Waals surface area contributed by atoms with E-state index >= 15 is 0 Å². The normalized spacial score (nSPS) is 13.2. The number of carbonyl (C=O) groups excluding carboxylic acids is 1. The maximum atomic E-state index is 13.0. The smallest absolute Gasteiger partial charge is 0.261 e. The standard InChI is InChI=1S/C18H19ClFNO2/c1-3-17(23-16-6-4-5-14(19)11-16)18(22)21-12(2)13-7-9-15(20)10-8-13/h4-12,17H,3H2,1-2H3,(H,21,22)/t12-,17-/m1/s1. The second-order valence-corrected chi connectivity index (χ2v) is 5.69. The van der Waals surface area contributed by atoms with E-state index in [1.807, 2.05) is 13.8 Å². The summed E-state index contributed by atoms with van der Waals surface area (Å²) in [4.78, 5) is 12.4. The molecule has 122 valence electrons. The highest BCUT2D eigenvalue weighted by Gasteiger charge is 2.20. The van der Waals surface area contributed by atoms with Crippen LogP contribution in [0.1, 0.15) is 31.9 Å². The summed E-state index contributed by atoms with van der Waals surface area (Å²) >= 11 is 5.92. The quantitative estimate of drug-likeness (QED) is 0.843. The molecule has 0 saturated carbocycles. The van der Waals surface area contributed by atoms with E-state index in [0.717, 1.165) is 5.56 Å². The van der Waals surface area contributed by atoms with Crippen LogP contribution in [0.5, 0.6) is 5.75 Å². The van der Waals surface area contributed by atoms with Gasteiger partial charge in [0.25, 0.3) is 5.91 Å². The van der Waals surface area contributed by atoms with E-state index in [4.69, 9.17) is 16.3 Å². The lowest BCUT2D eigenvalue weighted by Gasteiger charge is -2.21. The molecule has 3 nitrogen and oxygen atoms in total. The summed E-state index contributed by atoms with van der Waals surface area (Å²) in [7, 11) is 0. The van der Waals surface area contributed by atoms with Crippen LogP contribution in [0.25, 0.3) is 0 Å². The Labute approximate surface area is 140 Å². The molecule has 23 heavy (non-hydrogen) atoms. The van der Waals surface area contributed by atoms with Gasteiger partial charge in [-0.3, -0.25) is 4.79 Å². The van der Waals surface area contributed by atoms with Gasteiger partial charge in [0.05, 0.1) is 6.04 Å². The molecule has 2 rings (SSSR count). The highest BCUT2D eigenvalue weighted by Crippen LogP contribution is 2.20. The Hall–Kier alpha value is -2.07. The molecular weight excluding hydrogens is 317 g/mol. The first-order chi connectivity index (χ1) is 11.0. The summed E-state index contributed by atoms with van der Waals surface area (Å²) < 4.78 is 18.7. The van der Waals surface area contributed by atoms with Crippen LogP contribution in [-0.4, -0.2) is 12.0 Å². The van der Waals surface area contributed by atoms with E-state index in [2.05, 4.69) is 5.32 Å². The Balaban J connectivity index is 2.00. The van der Waals surface area contributed by atoms with Crippen molar-refractivity contribution in [2.24, 2.45) is 0 Å². The van der Waals surface area contributed by atoms with Crippen molar-refractivity contribution in [2.45, 2.75) is 32.4 Å². The molecule has 0 fully saturated rings. The number of rotatable bonds is 6.